The van der Waals surface area contributed by atoms with Crippen molar-refractivity contribution in [1.29, 1.82) is 0 Å². The minimum Gasteiger partial charge on any atom is -0.497 e. The Bertz CT molecular complexity index is 1360. The summed E-state index contributed by atoms with van der Waals surface area (Å²) in [7, 11) is 1.52. The summed E-state index contributed by atoms with van der Waals surface area (Å²) in [6, 6.07) is 12.5. The third kappa shape index (κ3) is 5.59. The number of nitrogens with one attached hydrogen (secondary N) is 1. The zero-order valence-electron chi connectivity index (χ0n) is 20.6. The number of hydrogen-bond acceptors (Lipinski definition) is 6. The zero-order chi connectivity index (χ0) is 27.7. The van der Waals surface area contributed by atoms with Gasteiger partial charge in [-0.3, -0.25) is 14.6 Å². The molecule has 1 saturated heterocycles. The summed E-state index contributed by atoms with van der Waals surface area (Å²) in [6.45, 7) is 3.13. The molecule has 2 aromatic carbocycles. The Kier molecular flexibility index (Phi) is 7.36. The largest absolute Gasteiger partial charge is 0.497 e. The molecule has 38 heavy (non-hydrogen) atoms. The van der Waals surface area contributed by atoms with Crippen molar-refractivity contribution in [2.45, 2.75) is 36.3 Å². The minimum atomic E-state index is -4.45. The number of thioether (sulfide) groups is 1. The summed E-state index contributed by atoms with van der Waals surface area (Å²) in [6.07, 6.45) is 2.95. The molecule has 2 heterocycles. The van der Waals surface area contributed by atoms with E-state index in [1.54, 1.807) is 44.2 Å². The topological polar surface area (TPSA) is 91.8 Å². The standard InChI is InChI=1S/C26H23F3N4O4S/c1-25(2)23(35)33(18-6-10-20(11-7-18)38-26(27,28)29)24(36)32(25)15-17-12-13-30-14-21(17)31-22(34)16-4-8-19(37-3)9-5-16/h4-14H,15H2,1-3H3,(H,31,34). The van der Waals surface area contributed by atoms with Gasteiger partial charge in [-0.1, -0.05) is 0 Å². The summed E-state index contributed by atoms with van der Waals surface area (Å²) in [5.74, 6) is -0.332. The van der Waals surface area contributed by atoms with Crippen molar-refractivity contribution in [2.75, 3.05) is 17.3 Å². The molecule has 0 bridgehead atoms. The number of rotatable bonds is 7. The summed E-state index contributed by atoms with van der Waals surface area (Å²) in [5, 5.41) is 2.79. The number of imide groups is 1. The normalized spacial score (nSPS) is 15.1. The van der Waals surface area contributed by atoms with Crippen molar-refractivity contribution in [3.05, 3.63) is 78.1 Å². The van der Waals surface area contributed by atoms with Crippen LogP contribution < -0.4 is 15.0 Å². The van der Waals surface area contributed by atoms with E-state index in [-0.39, 0.29) is 28.9 Å². The quantitative estimate of drug-likeness (QED) is 0.303. The van der Waals surface area contributed by atoms with Crippen molar-refractivity contribution < 1.29 is 32.3 Å². The van der Waals surface area contributed by atoms with Crippen LogP contribution in [0.4, 0.5) is 29.3 Å². The van der Waals surface area contributed by atoms with E-state index in [1.165, 1.54) is 48.7 Å². The molecule has 1 aliphatic heterocycles. The Balaban J connectivity index is 1.55. The van der Waals surface area contributed by atoms with Gasteiger partial charge in [0, 0.05) is 16.7 Å². The van der Waals surface area contributed by atoms with Gasteiger partial charge in [0.15, 0.2) is 0 Å². The van der Waals surface area contributed by atoms with Crippen LogP contribution in [0.25, 0.3) is 0 Å². The molecule has 0 spiro atoms. The lowest BCUT2D eigenvalue weighted by Gasteiger charge is -2.28. The predicted molar refractivity (Wildman–Crippen MR) is 136 cm³/mol. The summed E-state index contributed by atoms with van der Waals surface area (Å²) in [4.78, 5) is 45.7. The molecule has 0 aliphatic carbocycles. The lowest BCUT2D eigenvalue weighted by atomic mass is 10.0. The number of hydrogen-bond donors (Lipinski definition) is 1. The zero-order valence-corrected chi connectivity index (χ0v) is 21.4. The van der Waals surface area contributed by atoms with Gasteiger partial charge in [-0.25, -0.2) is 9.69 Å². The molecular formula is C26H23F3N4O4S. The second-order valence-corrected chi connectivity index (χ2v) is 9.96. The Morgan fingerprint density at radius 2 is 1.71 bits per heavy atom. The van der Waals surface area contributed by atoms with Crippen molar-refractivity contribution in [2.24, 2.45) is 0 Å². The summed E-state index contributed by atoms with van der Waals surface area (Å²) >= 11 is -0.283. The van der Waals surface area contributed by atoms with Crippen LogP contribution in [-0.4, -0.2) is 45.9 Å². The van der Waals surface area contributed by atoms with Crippen LogP contribution in [-0.2, 0) is 11.3 Å². The van der Waals surface area contributed by atoms with E-state index in [0.717, 1.165) is 4.90 Å². The first-order chi connectivity index (χ1) is 17.9. The number of urea groups is 1. The summed E-state index contributed by atoms with van der Waals surface area (Å²) < 4.78 is 43.1. The fourth-order valence-electron chi connectivity index (χ4n) is 3.91. The molecule has 12 heteroatoms. The Labute approximate surface area is 220 Å². The highest BCUT2D eigenvalue weighted by Gasteiger charge is 2.52. The smallest absolute Gasteiger partial charge is 0.446 e. The van der Waals surface area contributed by atoms with Gasteiger partial charge in [-0.2, -0.15) is 13.2 Å². The fourth-order valence-corrected chi connectivity index (χ4v) is 4.45. The predicted octanol–water partition coefficient (Wildman–Crippen LogP) is 5.70. The average Bonchev–Trinajstić information content (AvgIpc) is 3.04. The number of halogens is 3. The van der Waals surface area contributed by atoms with Crippen LogP contribution >= 0.6 is 11.8 Å². The van der Waals surface area contributed by atoms with Gasteiger partial charge in [0.25, 0.3) is 11.8 Å². The maximum Gasteiger partial charge on any atom is 0.446 e. The molecule has 1 N–H and O–H groups in total. The maximum atomic E-state index is 13.4. The van der Waals surface area contributed by atoms with Crippen molar-refractivity contribution in [3.8, 4) is 5.75 Å². The van der Waals surface area contributed by atoms with E-state index in [4.69, 9.17) is 4.74 Å². The highest BCUT2D eigenvalue weighted by Crippen LogP contribution is 2.39. The van der Waals surface area contributed by atoms with Gasteiger partial charge in [-0.05, 0) is 85.8 Å². The SMILES string of the molecule is COc1ccc(C(=O)Nc2cnccc2CN2C(=O)N(c3ccc(SC(F)(F)F)cc3)C(=O)C2(C)C)cc1. The van der Waals surface area contributed by atoms with Gasteiger partial charge in [-0.15, -0.1) is 0 Å². The van der Waals surface area contributed by atoms with E-state index in [0.29, 0.717) is 22.6 Å². The van der Waals surface area contributed by atoms with Gasteiger partial charge >= 0.3 is 11.5 Å². The maximum absolute atomic E-state index is 13.4. The van der Waals surface area contributed by atoms with E-state index in [2.05, 4.69) is 10.3 Å². The molecule has 3 aromatic rings. The molecule has 1 fully saturated rings. The number of nitrogens with zero attached hydrogens (tertiary/aromatic N) is 3. The third-order valence-electron chi connectivity index (χ3n) is 5.99. The minimum absolute atomic E-state index is 0.0309. The monoisotopic (exact) mass is 544 g/mol. The number of carbonyl (C=O) groups is 3. The third-order valence-corrected chi connectivity index (χ3v) is 6.73. The van der Waals surface area contributed by atoms with Crippen molar-refractivity contribution in [3.63, 3.8) is 0 Å². The molecule has 0 atom stereocenters. The average molecular weight is 545 g/mol. The van der Waals surface area contributed by atoms with Crippen LogP contribution in [0.5, 0.6) is 5.75 Å². The van der Waals surface area contributed by atoms with Gasteiger partial charge in [0.1, 0.15) is 11.3 Å². The molecule has 198 valence electrons. The first-order valence-corrected chi connectivity index (χ1v) is 12.1. The Hall–Kier alpha value is -4.06. The number of benzene rings is 2. The number of amides is 4. The van der Waals surface area contributed by atoms with Crippen molar-refractivity contribution in [1.82, 2.24) is 9.88 Å². The number of aromatic nitrogens is 1. The molecule has 4 rings (SSSR count). The number of ether oxygens (including phenoxy) is 1. The van der Waals surface area contributed by atoms with Gasteiger partial charge in [0.2, 0.25) is 0 Å². The molecule has 0 unspecified atom stereocenters. The molecule has 1 aromatic heterocycles. The van der Waals surface area contributed by atoms with Crippen LogP contribution in [0.1, 0.15) is 29.8 Å². The van der Waals surface area contributed by atoms with Crippen LogP contribution in [0.15, 0.2) is 71.9 Å². The van der Waals surface area contributed by atoms with Gasteiger partial charge < -0.3 is 15.0 Å². The molecule has 0 radical (unpaired) electrons. The number of alkyl halides is 3. The van der Waals surface area contributed by atoms with E-state index < -0.39 is 28.9 Å². The summed E-state index contributed by atoms with van der Waals surface area (Å²) in [5.41, 5.74) is -4.29. The number of carbonyl (C=O) groups excluding carboxylic acids is 3. The van der Waals surface area contributed by atoms with Crippen LogP contribution in [0.3, 0.4) is 0 Å². The number of methoxy groups -OCH3 is 1. The first-order valence-electron chi connectivity index (χ1n) is 11.3. The lowest BCUT2D eigenvalue weighted by molar-refractivity contribution is -0.123. The first kappa shape index (κ1) is 27.0. The van der Waals surface area contributed by atoms with Crippen molar-refractivity contribution >= 4 is 41.0 Å². The van der Waals surface area contributed by atoms with Gasteiger partial charge in [0.05, 0.1) is 31.2 Å². The Morgan fingerprint density at radius 3 is 2.32 bits per heavy atom. The molecule has 4 amide bonds. The fraction of sp³-hybridized carbons (Fsp3) is 0.231. The van der Waals surface area contributed by atoms with E-state index in [1.807, 2.05) is 0 Å². The highest BCUT2D eigenvalue weighted by atomic mass is 32.2. The van der Waals surface area contributed by atoms with Crippen LogP contribution in [0, 0.1) is 0 Å². The van der Waals surface area contributed by atoms with Crippen LogP contribution in [0.2, 0.25) is 0 Å². The molecular weight excluding hydrogens is 521 g/mol. The number of anilines is 2. The highest BCUT2D eigenvalue weighted by molar-refractivity contribution is 8.00. The molecule has 1 aliphatic rings. The molecule has 0 saturated carbocycles. The number of pyridine rings is 1. The van der Waals surface area contributed by atoms with E-state index >= 15 is 0 Å². The molecule has 8 nitrogen and oxygen atoms in total. The van der Waals surface area contributed by atoms with E-state index in [9.17, 15) is 27.6 Å². The second-order valence-electron chi connectivity index (χ2n) is 8.83. The lowest BCUT2D eigenvalue weighted by Crippen LogP contribution is -2.43. The second kappa shape index (κ2) is 10.4. The Morgan fingerprint density at radius 1 is 1.05 bits per heavy atom.